The molecule has 3 aromatic rings. The van der Waals surface area contributed by atoms with Gasteiger partial charge in [-0.3, -0.25) is 10.1 Å². The largest absolute Gasteiger partial charge is 0.271 e. The van der Waals surface area contributed by atoms with Gasteiger partial charge in [-0.2, -0.15) is 0 Å². The Balaban J connectivity index is 2.20. The molecule has 0 fully saturated rings. The van der Waals surface area contributed by atoms with Gasteiger partial charge in [0.05, 0.1) is 15.1 Å². The number of non-ortho nitro benzene ring substituents is 1. The van der Waals surface area contributed by atoms with Crippen molar-refractivity contribution in [3.8, 4) is 10.4 Å². The van der Waals surface area contributed by atoms with Gasteiger partial charge in [-0.25, -0.2) is 9.97 Å². The number of nitro groups is 1. The number of halogens is 2. The highest BCUT2D eigenvalue weighted by molar-refractivity contribution is 7.22. The Kier molecular flexibility index (Phi) is 3.29. The molecule has 0 saturated heterocycles. The average molecular weight is 326 g/mol. The molecule has 100 valence electrons. The molecule has 5 nitrogen and oxygen atoms in total. The summed E-state index contributed by atoms with van der Waals surface area (Å²) in [6.45, 7) is 0. The Bertz CT molecular complexity index is 835. The number of hydrogen-bond acceptors (Lipinski definition) is 5. The van der Waals surface area contributed by atoms with E-state index in [4.69, 9.17) is 23.2 Å². The van der Waals surface area contributed by atoms with Crippen molar-refractivity contribution in [2.24, 2.45) is 0 Å². The van der Waals surface area contributed by atoms with Gasteiger partial charge in [-0.1, -0.05) is 23.2 Å². The fourth-order valence-corrected chi connectivity index (χ4v) is 3.25. The van der Waals surface area contributed by atoms with Crippen LogP contribution in [0.1, 0.15) is 0 Å². The molecule has 0 amide bonds. The second-order valence-electron chi connectivity index (χ2n) is 3.94. The lowest BCUT2D eigenvalue weighted by atomic mass is 10.1. The molecule has 8 heteroatoms. The van der Waals surface area contributed by atoms with Crippen molar-refractivity contribution in [2.75, 3.05) is 0 Å². The van der Waals surface area contributed by atoms with E-state index in [2.05, 4.69) is 9.97 Å². The Morgan fingerprint density at radius 3 is 2.65 bits per heavy atom. The lowest BCUT2D eigenvalue weighted by Gasteiger charge is -1.99. The summed E-state index contributed by atoms with van der Waals surface area (Å²) in [5, 5.41) is 11.5. The van der Waals surface area contributed by atoms with Crippen LogP contribution in [-0.2, 0) is 0 Å². The Hall–Kier alpha value is -1.76. The van der Waals surface area contributed by atoms with Gasteiger partial charge in [-0.15, -0.1) is 11.3 Å². The van der Waals surface area contributed by atoms with Crippen molar-refractivity contribution in [2.45, 2.75) is 0 Å². The fraction of sp³-hybridized carbons (Fsp3) is 0. The van der Waals surface area contributed by atoms with Crippen LogP contribution in [0.3, 0.4) is 0 Å². The monoisotopic (exact) mass is 325 g/mol. The first-order valence-corrected chi connectivity index (χ1v) is 6.97. The summed E-state index contributed by atoms with van der Waals surface area (Å²) in [6.07, 6.45) is 1.38. The van der Waals surface area contributed by atoms with Gasteiger partial charge in [0.1, 0.15) is 11.5 Å². The first-order chi connectivity index (χ1) is 9.54. The maximum atomic E-state index is 10.9. The number of benzene rings is 1. The molecule has 0 N–H and O–H groups in total. The predicted molar refractivity (Wildman–Crippen MR) is 79.5 cm³/mol. The first-order valence-electron chi connectivity index (χ1n) is 5.40. The smallest absolute Gasteiger partial charge is 0.258 e. The highest BCUT2D eigenvalue weighted by Crippen LogP contribution is 2.37. The van der Waals surface area contributed by atoms with Crippen LogP contribution in [0.25, 0.3) is 20.7 Å². The number of hydrogen-bond donors (Lipinski definition) is 0. The van der Waals surface area contributed by atoms with Crippen molar-refractivity contribution in [3.05, 3.63) is 50.9 Å². The van der Waals surface area contributed by atoms with E-state index in [1.165, 1.54) is 29.8 Å². The van der Waals surface area contributed by atoms with Crippen LogP contribution in [0.15, 0.2) is 30.6 Å². The zero-order chi connectivity index (χ0) is 14.3. The van der Waals surface area contributed by atoms with E-state index in [9.17, 15) is 10.1 Å². The van der Waals surface area contributed by atoms with Crippen molar-refractivity contribution in [1.82, 2.24) is 9.97 Å². The molecule has 0 aliphatic heterocycles. The second-order valence-corrected chi connectivity index (χ2v) is 5.79. The fourth-order valence-electron chi connectivity index (χ4n) is 1.79. The minimum atomic E-state index is -0.477. The van der Waals surface area contributed by atoms with Crippen LogP contribution in [0.2, 0.25) is 10.2 Å². The van der Waals surface area contributed by atoms with E-state index in [1.807, 2.05) is 6.07 Å². The zero-order valence-electron chi connectivity index (χ0n) is 9.71. The molecule has 0 aliphatic carbocycles. The summed E-state index contributed by atoms with van der Waals surface area (Å²) in [6, 6.07) is 6.26. The summed E-state index contributed by atoms with van der Waals surface area (Å²) in [7, 11) is 0. The Labute approximate surface area is 127 Å². The van der Waals surface area contributed by atoms with Crippen molar-refractivity contribution in [1.29, 1.82) is 0 Å². The predicted octanol–water partition coefficient (Wildman–Crippen LogP) is 4.57. The van der Waals surface area contributed by atoms with Crippen molar-refractivity contribution >= 4 is 50.4 Å². The average Bonchev–Trinajstić information content (AvgIpc) is 2.83. The van der Waals surface area contributed by atoms with Crippen LogP contribution in [0.5, 0.6) is 0 Å². The van der Waals surface area contributed by atoms with E-state index in [0.717, 1.165) is 9.58 Å². The lowest BCUT2D eigenvalue weighted by molar-refractivity contribution is -0.384. The van der Waals surface area contributed by atoms with Gasteiger partial charge < -0.3 is 0 Å². The van der Waals surface area contributed by atoms with Crippen LogP contribution >= 0.6 is 34.5 Å². The van der Waals surface area contributed by atoms with E-state index >= 15 is 0 Å². The summed E-state index contributed by atoms with van der Waals surface area (Å²) in [4.78, 5) is 19.2. The van der Waals surface area contributed by atoms with Gasteiger partial charge in [0.25, 0.3) is 5.69 Å². The standard InChI is InChI=1S/C12H5Cl2N3O2S/c13-7-1-6(2-8(3-7)17(18)19)10-4-9-11(20-10)12(14)16-5-15-9/h1-5H. The maximum Gasteiger partial charge on any atom is 0.271 e. The molecule has 2 heterocycles. The Morgan fingerprint density at radius 2 is 1.95 bits per heavy atom. The van der Waals surface area contributed by atoms with E-state index in [-0.39, 0.29) is 5.69 Å². The molecule has 20 heavy (non-hydrogen) atoms. The number of nitro benzene ring substituents is 1. The normalized spacial score (nSPS) is 10.9. The molecule has 0 spiro atoms. The van der Waals surface area contributed by atoms with Crippen molar-refractivity contribution in [3.63, 3.8) is 0 Å². The minimum Gasteiger partial charge on any atom is -0.258 e. The van der Waals surface area contributed by atoms with Crippen molar-refractivity contribution < 1.29 is 4.92 Å². The van der Waals surface area contributed by atoms with Gasteiger partial charge in [0.15, 0.2) is 0 Å². The number of nitrogens with zero attached hydrogens (tertiary/aromatic N) is 3. The lowest BCUT2D eigenvalue weighted by Crippen LogP contribution is -1.88. The quantitative estimate of drug-likeness (QED) is 0.393. The molecule has 3 rings (SSSR count). The van der Waals surface area contributed by atoms with E-state index in [0.29, 0.717) is 21.3 Å². The van der Waals surface area contributed by atoms with Gasteiger partial charge in [-0.05, 0) is 12.1 Å². The summed E-state index contributed by atoms with van der Waals surface area (Å²) < 4.78 is 0.742. The number of rotatable bonds is 2. The van der Waals surface area contributed by atoms with Crippen LogP contribution in [0.4, 0.5) is 5.69 Å². The molecule has 2 aromatic heterocycles. The number of fused-ring (bicyclic) bond motifs is 1. The van der Waals surface area contributed by atoms with E-state index in [1.54, 1.807) is 6.07 Å². The molecular weight excluding hydrogens is 321 g/mol. The molecule has 0 unspecified atom stereocenters. The Morgan fingerprint density at radius 1 is 1.15 bits per heavy atom. The highest BCUT2D eigenvalue weighted by atomic mass is 35.5. The molecule has 0 radical (unpaired) electrons. The van der Waals surface area contributed by atoms with Gasteiger partial charge >= 0.3 is 0 Å². The third kappa shape index (κ3) is 2.33. The summed E-state index contributed by atoms with van der Waals surface area (Å²) >= 11 is 13.3. The van der Waals surface area contributed by atoms with E-state index < -0.39 is 4.92 Å². The minimum absolute atomic E-state index is 0.0536. The molecule has 0 bridgehead atoms. The third-order valence-corrected chi connectivity index (χ3v) is 4.44. The van der Waals surface area contributed by atoms with Gasteiger partial charge in [0, 0.05) is 27.6 Å². The molecule has 1 aromatic carbocycles. The highest BCUT2D eigenvalue weighted by Gasteiger charge is 2.13. The summed E-state index contributed by atoms with van der Waals surface area (Å²) in [5.41, 5.74) is 1.30. The second kappa shape index (κ2) is 4.97. The number of aromatic nitrogens is 2. The van der Waals surface area contributed by atoms with Crippen LogP contribution in [0, 0.1) is 10.1 Å². The van der Waals surface area contributed by atoms with Gasteiger partial charge in [0.2, 0.25) is 0 Å². The number of thiophene rings is 1. The molecule has 0 aliphatic rings. The molecular formula is C12H5Cl2N3O2S. The third-order valence-electron chi connectivity index (χ3n) is 2.65. The topological polar surface area (TPSA) is 68.9 Å². The SMILES string of the molecule is O=[N+]([O-])c1cc(Cl)cc(-c2cc3ncnc(Cl)c3s2)c1. The van der Waals surface area contributed by atoms with Crippen LogP contribution in [-0.4, -0.2) is 14.9 Å². The first kappa shape index (κ1) is 13.2. The zero-order valence-corrected chi connectivity index (χ0v) is 12.0. The molecule has 0 atom stereocenters. The van der Waals surface area contributed by atoms with Crippen LogP contribution < -0.4 is 0 Å². The molecule has 0 saturated carbocycles. The summed E-state index contributed by atoms with van der Waals surface area (Å²) in [5.74, 6) is 0. The maximum absolute atomic E-state index is 10.9.